The predicted molar refractivity (Wildman–Crippen MR) is 259 cm³/mol. The number of aliphatic hydroxyl groups is 2. The second-order valence-corrected chi connectivity index (χ2v) is 17.6. The molecule has 7 heterocycles. The molecule has 2 amide bonds. The number of hydrogen-bond donors (Lipinski definition) is 4. The van der Waals surface area contributed by atoms with Gasteiger partial charge in [0.2, 0.25) is 11.8 Å². The summed E-state index contributed by atoms with van der Waals surface area (Å²) in [6, 6.07) is 19.6. The van der Waals surface area contributed by atoms with Crippen molar-refractivity contribution >= 4 is 34.7 Å². The fourth-order valence-electron chi connectivity index (χ4n) is 7.86. The lowest BCUT2D eigenvalue weighted by atomic mass is 9.99. The molecule has 2 aromatic carbocycles. The van der Waals surface area contributed by atoms with Crippen molar-refractivity contribution in [3.63, 3.8) is 0 Å². The minimum atomic E-state index is -4.58. The topological polar surface area (TPSA) is 222 Å². The molecule has 18 nitrogen and oxygen atoms in total. The summed E-state index contributed by atoms with van der Waals surface area (Å²) in [4.78, 5) is 42.8. The zero-order chi connectivity index (χ0) is 54.0. The SMILES string of the molecule is Cc1c(-c2ccccc2C(F)(F)F)nn2c(NC(=O)c3cccc(OCC(O)CO)n3)cnc2c1C.Cc1c(-c2ccccc2C(F)(F)F)nn2c(NC(=O)c3cccc(OCC4COC(C)(C)O4)n3)cnc2c1C. The number of fused-ring (bicyclic) bond motifs is 2. The number of nitrogens with zero attached hydrogens (tertiary/aromatic N) is 8. The third-order valence-electron chi connectivity index (χ3n) is 11.9. The van der Waals surface area contributed by atoms with E-state index in [1.54, 1.807) is 39.8 Å². The number of nitrogens with one attached hydrogen (secondary N) is 2. The Morgan fingerprint density at radius 2 is 1.15 bits per heavy atom. The van der Waals surface area contributed by atoms with Gasteiger partial charge >= 0.3 is 12.4 Å². The number of carbonyl (C=O) groups is 2. The highest BCUT2D eigenvalue weighted by Gasteiger charge is 2.36. The molecule has 1 aliphatic heterocycles. The third kappa shape index (κ3) is 11.8. The molecule has 0 saturated carbocycles. The Labute approximate surface area is 423 Å². The quantitative estimate of drug-likeness (QED) is 0.0795. The van der Waals surface area contributed by atoms with Crippen molar-refractivity contribution in [3.05, 3.63) is 142 Å². The zero-order valence-corrected chi connectivity index (χ0v) is 40.9. The average Bonchev–Trinajstić information content (AvgIpc) is 4.10. The van der Waals surface area contributed by atoms with E-state index in [0.717, 1.165) is 12.1 Å². The van der Waals surface area contributed by atoms with Gasteiger partial charge in [0.05, 0.1) is 48.1 Å². The number of benzene rings is 2. The number of aryl methyl sites for hydroxylation is 2. The number of pyridine rings is 2. The van der Waals surface area contributed by atoms with E-state index in [-0.39, 0.29) is 76.6 Å². The maximum absolute atomic E-state index is 13.7. The van der Waals surface area contributed by atoms with Crippen LogP contribution < -0.4 is 20.1 Å². The smallest absolute Gasteiger partial charge is 0.417 e. The van der Waals surface area contributed by atoms with Gasteiger partial charge in [-0.1, -0.05) is 48.5 Å². The summed E-state index contributed by atoms with van der Waals surface area (Å²) in [5.74, 6) is -1.29. The lowest BCUT2D eigenvalue weighted by Gasteiger charge is -2.17. The van der Waals surface area contributed by atoms with E-state index in [9.17, 15) is 41.0 Å². The van der Waals surface area contributed by atoms with Crippen LogP contribution in [-0.4, -0.2) is 106 Å². The molecule has 2 atom stereocenters. The third-order valence-corrected chi connectivity index (χ3v) is 11.9. The van der Waals surface area contributed by atoms with Crippen LogP contribution in [0.25, 0.3) is 33.8 Å². The van der Waals surface area contributed by atoms with Gasteiger partial charge < -0.3 is 39.8 Å². The molecule has 2 unspecified atom stereocenters. The number of rotatable bonds is 13. The van der Waals surface area contributed by atoms with Crippen molar-refractivity contribution in [2.45, 2.75) is 71.9 Å². The number of carbonyl (C=O) groups excluding carboxylic acids is 2. The maximum atomic E-state index is 13.7. The normalized spacial score (nSPS) is 14.8. The monoisotopic (exact) mass is 1040 g/mol. The Balaban J connectivity index is 0.000000200. The van der Waals surface area contributed by atoms with E-state index in [1.807, 2.05) is 13.8 Å². The molecule has 6 aromatic heterocycles. The molecular formula is C51H48F6N10O8. The Bertz CT molecular complexity index is 3420. The van der Waals surface area contributed by atoms with Gasteiger partial charge in [-0.25, -0.2) is 19.9 Å². The summed E-state index contributed by atoms with van der Waals surface area (Å²) in [5.41, 5.74) is 1.61. The molecule has 1 aliphatic rings. The van der Waals surface area contributed by atoms with E-state index in [0.29, 0.717) is 40.2 Å². The number of ether oxygens (including phenoxy) is 4. The fourth-order valence-corrected chi connectivity index (χ4v) is 7.86. The first-order valence-corrected chi connectivity index (χ1v) is 23.0. The molecule has 392 valence electrons. The lowest BCUT2D eigenvalue weighted by Crippen LogP contribution is -2.25. The van der Waals surface area contributed by atoms with Crippen LogP contribution in [0.1, 0.15) is 68.2 Å². The number of aromatic nitrogens is 8. The van der Waals surface area contributed by atoms with Crippen LogP contribution in [0.5, 0.6) is 11.8 Å². The van der Waals surface area contributed by atoms with Crippen molar-refractivity contribution in [2.24, 2.45) is 0 Å². The minimum absolute atomic E-state index is 0.0209. The first kappa shape index (κ1) is 53.2. The predicted octanol–water partition coefficient (Wildman–Crippen LogP) is 8.62. The van der Waals surface area contributed by atoms with Crippen LogP contribution in [0.15, 0.2) is 97.3 Å². The average molecular weight is 1040 g/mol. The Hall–Kier alpha value is -8.06. The first-order valence-electron chi connectivity index (χ1n) is 23.0. The molecule has 9 rings (SSSR count). The molecule has 75 heavy (non-hydrogen) atoms. The summed E-state index contributed by atoms with van der Waals surface area (Å²) in [6.45, 7) is 10.3. The van der Waals surface area contributed by atoms with E-state index >= 15 is 0 Å². The van der Waals surface area contributed by atoms with E-state index in [4.69, 9.17) is 24.1 Å². The number of anilines is 2. The minimum Gasteiger partial charge on any atom is -0.475 e. The van der Waals surface area contributed by atoms with Gasteiger partial charge in [0.25, 0.3) is 11.8 Å². The molecule has 0 aliphatic carbocycles. The Morgan fingerprint density at radius 1 is 0.693 bits per heavy atom. The van der Waals surface area contributed by atoms with Gasteiger partial charge in [-0.2, -0.15) is 45.6 Å². The molecule has 1 saturated heterocycles. The molecule has 1 fully saturated rings. The van der Waals surface area contributed by atoms with Crippen molar-refractivity contribution in [3.8, 4) is 34.3 Å². The molecule has 0 bridgehead atoms. The zero-order valence-electron chi connectivity index (χ0n) is 40.9. The maximum Gasteiger partial charge on any atom is 0.417 e. The van der Waals surface area contributed by atoms with E-state index in [2.05, 4.69) is 40.8 Å². The van der Waals surface area contributed by atoms with Gasteiger partial charge in [-0.3, -0.25) is 9.59 Å². The van der Waals surface area contributed by atoms with Crippen molar-refractivity contribution in [2.75, 3.05) is 37.1 Å². The van der Waals surface area contributed by atoms with Gasteiger partial charge in [-0.05, 0) is 88.1 Å². The van der Waals surface area contributed by atoms with Gasteiger partial charge in [0.15, 0.2) is 28.7 Å². The molecule has 0 spiro atoms. The highest BCUT2D eigenvalue weighted by Crippen LogP contribution is 2.40. The Morgan fingerprint density at radius 3 is 1.57 bits per heavy atom. The standard InChI is InChI=1S/C27H26F3N5O4.C24H22F3N5O4/c1-15-16(2)24-31-12-21(35(24)34-23(15)18-8-5-6-9-19(18)27(28,29)30)33-25(36)20-10-7-11-22(32-20)37-13-17-14-38-26(3,4)39-17;1-13-14(2)22-28-10-19(30-23(35)18-8-5-9-20(29-18)36-12-15(34)11-33)32(22)31-21(13)16-6-3-4-7-17(16)24(25,26)27/h5-12,17H,13-14H2,1-4H3,(H,33,36);3-10,15,33-34H,11-12H2,1-2H3,(H,30,35). The number of amides is 2. The second-order valence-electron chi connectivity index (χ2n) is 17.6. The van der Waals surface area contributed by atoms with Crippen LogP contribution >= 0.6 is 0 Å². The van der Waals surface area contributed by atoms with Crippen molar-refractivity contribution < 1.29 is 65.1 Å². The summed E-state index contributed by atoms with van der Waals surface area (Å²) in [6.07, 6.45) is -7.77. The molecule has 0 radical (unpaired) electrons. The van der Waals surface area contributed by atoms with E-state index < -0.39 is 53.8 Å². The number of imidazole rings is 2. The second kappa shape index (κ2) is 21.4. The van der Waals surface area contributed by atoms with Gasteiger partial charge in [0.1, 0.15) is 36.8 Å². The summed E-state index contributed by atoms with van der Waals surface area (Å²) in [7, 11) is 0. The Kier molecular flexibility index (Phi) is 15.2. The number of hydrogen-bond acceptors (Lipinski definition) is 14. The highest BCUT2D eigenvalue weighted by molar-refractivity contribution is 6.03. The van der Waals surface area contributed by atoms with Gasteiger partial charge in [0, 0.05) is 23.3 Å². The number of aliphatic hydroxyl groups excluding tert-OH is 2. The van der Waals surface area contributed by atoms with Crippen LogP contribution in [0, 0.1) is 27.7 Å². The summed E-state index contributed by atoms with van der Waals surface area (Å²) < 4.78 is 107. The van der Waals surface area contributed by atoms with E-state index in [1.165, 1.54) is 82.1 Å². The number of halogens is 6. The van der Waals surface area contributed by atoms with Crippen LogP contribution in [0.3, 0.4) is 0 Å². The molecule has 4 N–H and O–H groups in total. The summed E-state index contributed by atoms with van der Waals surface area (Å²) >= 11 is 0. The fraction of sp³-hybridized carbons (Fsp3) is 0.294. The lowest BCUT2D eigenvalue weighted by molar-refractivity contribution is -0.141. The number of alkyl halides is 6. The molecule has 24 heteroatoms. The molecular weight excluding hydrogens is 995 g/mol. The van der Waals surface area contributed by atoms with Crippen LogP contribution in [0.2, 0.25) is 0 Å². The van der Waals surface area contributed by atoms with Crippen molar-refractivity contribution in [1.82, 2.24) is 39.2 Å². The summed E-state index contributed by atoms with van der Waals surface area (Å²) in [5, 5.41) is 32.5. The van der Waals surface area contributed by atoms with Gasteiger partial charge in [-0.15, -0.1) is 0 Å². The first-order chi connectivity index (χ1) is 35.5. The molecule has 8 aromatic rings. The highest BCUT2D eigenvalue weighted by atomic mass is 19.4. The van der Waals surface area contributed by atoms with Crippen LogP contribution in [0.4, 0.5) is 38.0 Å². The van der Waals surface area contributed by atoms with Crippen LogP contribution in [-0.2, 0) is 21.8 Å². The van der Waals surface area contributed by atoms with Crippen molar-refractivity contribution in [1.29, 1.82) is 0 Å². The largest absolute Gasteiger partial charge is 0.475 e.